The van der Waals surface area contributed by atoms with Gasteiger partial charge in [0.15, 0.2) is 0 Å². The molecule has 2 aromatic heterocycles. The van der Waals surface area contributed by atoms with Gasteiger partial charge in [0, 0.05) is 18.7 Å². The average Bonchev–Trinajstić information content (AvgIpc) is 3.11. The summed E-state index contributed by atoms with van der Waals surface area (Å²) in [5.74, 6) is 1.75. The van der Waals surface area contributed by atoms with Gasteiger partial charge in [0.05, 0.1) is 0 Å². The van der Waals surface area contributed by atoms with Crippen molar-refractivity contribution >= 4 is 0 Å². The molecule has 0 radical (unpaired) electrons. The van der Waals surface area contributed by atoms with E-state index in [0.717, 1.165) is 5.69 Å². The lowest BCUT2D eigenvalue weighted by atomic mass is 9.96. The van der Waals surface area contributed by atoms with E-state index in [4.69, 9.17) is 10.3 Å². The predicted molar refractivity (Wildman–Crippen MR) is 71.2 cm³/mol. The summed E-state index contributed by atoms with van der Waals surface area (Å²) >= 11 is 0. The van der Waals surface area contributed by atoms with E-state index in [0.29, 0.717) is 24.1 Å². The SMILES string of the molecule is NC(Cc1nc(-c2ccccn2)no1)C1CCCC1. The summed E-state index contributed by atoms with van der Waals surface area (Å²) in [5, 5.41) is 3.96. The van der Waals surface area contributed by atoms with Crippen LogP contribution in [0.15, 0.2) is 28.9 Å². The zero-order chi connectivity index (χ0) is 13.1. The van der Waals surface area contributed by atoms with Crippen molar-refractivity contribution in [2.75, 3.05) is 0 Å². The van der Waals surface area contributed by atoms with Crippen LogP contribution in [0.1, 0.15) is 31.6 Å². The quantitative estimate of drug-likeness (QED) is 0.909. The van der Waals surface area contributed by atoms with Gasteiger partial charge in [-0.1, -0.05) is 24.1 Å². The molecule has 1 aliphatic rings. The van der Waals surface area contributed by atoms with Gasteiger partial charge in [-0.05, 0) is 30.9 Å². The number of pyridine rings is 1. The summed E-state index contributed by atoms with van der Waals surface area (Å²) in [6.07, 6.45) is 7.41. The van der Waals surface area contributed by atoms with Gasteiger partial charge in [-0.2, -0.15) is 4.98 Å². The van der Waals surface area contributed by atoms with Crippen LogP contribution < -0.4 is 5.73 Å². The number of hydrogen-bond acceptors (Lipinski definition) is 5. The van der Waals surface area contributed by atoms with E-state index in [1.807, 2.05) is 18.2 Å². The van der Waals surface area contributed by atoms with Crippen molar-refractivity contribution in [1.29, 1.82) is 0 Å². The molecule has 2 heterocycles. The van der Waals surface area contributed by atoms with E-state index in [1.54, 1.807) is 6.20 Å². The Hall–Kier alpha value is -1.75. The molecule has 2 aromatic rings. The molecular formula is C14H18N4O. The van der Waals surface area contributed by atoms with Crippen LogP contribution in [-0.2, 0) is 6.42 Å². The van der Waals surface area contributed by atoms with Crippen molar-refractivity contribution in [3.05, 3.63) is 30.3 Å². The van der Waals surface area contributed by atoms with Crippen LogP contribution in [0, 0.1) is 5.92 Å². The summed E-state index contributed by atoms with van der Waals surface area (Å²) in [6.45, 7) is 0. The van der Waals surface area contributed by atoms with Gasteiger partial charge in [-0.15, -0.1) is 0 Å². The fourth-order valence-corrected chi connectivity index (χ4v) is 2.69. The summed E-state index contributed by atoms with van der Waals surface area (Å²) in [7, 11) is 0. The number of rotatable bonds is 4. The van der Waals surface area contributed by atoms with Crippen molar-refractivity contribution in [2.24, 2.45) is 11.7 Å². The summed E-state index contributed by atoms with van der Waals surface area (Å²) in [5.41, 5.74) is 6.94. The number of aromatic nitrogens is 3. The van der Waals surface area contributed by atoms with Gasteiger partial charge in [0.2, 0.25) is 11.7 Å². The molecule has 0 saturated heterocycles. The van der Waals surface area contributed by atoms with Gasteiger partial charge in [0.1, 0.15) is 5.69 Å². The van der Waals surface area contributed by atoms with Crippen LogP contribution in [0.25, 0.3) is 11.5 Å². The fraction of sp³-hybridized carbons (Fsp3) is 0.500. The molecule has 1 saturated carbocycles. The molecular weight excluding hydrogens is 240 g/mol. The molecule has 2 N–H and O–H groups in total. The number of hydrogen-bond donors (Lipinski definition) is 1. The van der Waals surface area contributed by atoms with Crippen LogP contribution in [-0.4, -0.2) is 21.2 Å². The highest BCUT2D eigenvalue weighted by molar-refractivity contribution is 5.47. The third-order valence-electron chi connectivity index (χ3n) is 3.78. The first-order valence-corrected chi connectivity index (χ1v) is 6.82. The largest absolute Gasteiger partial charge is 0.339 e. The summed E-state index contributed by atoms with van der Waals surface area (Å²) in [6, 6.07) is 5.76. The van der Waals surface area contributed by atoms with Crippen LogP contribution in [0.2, 0.25) is 0 Å². The Kier molecular flexibility index (Phi) is 3.55. The molecule has 1 atom stereocenters. The van der Waals surface area contributed by atoms with E-state index >= 15 is 0 Å². The average molecular weight is 258 g/mol. The molecule has 1 unspecified atom stereocenters. The maximum atomic E-state index is 6.22. The van der Waals surface area contributed by atoms with E-state index in [9.17, 15) is 0 Å². The minimum absolute atomic E-state index is 0.125. The Bertz CT molecular complexity index is 519. The van der Waals surface area contributed by atoms with E-state index < -0.39 is 0 Å². The third-order valence-corrected chi connectivity index (χ3v) is 3.78. The molecule has 0 aromatic carbocycles. The second kappa shape index (κ2) is 5.48. The van der Waals surface area contributed by atoms with Crippen molar-refractivity contribution < 1.29 is 4.52 Å². The first-order valence-electron chi connectivity index (χ1n) is 6.82. The highest BCUT2D eigenvalue weighted by Gasteiger charge is 2.24. The highest BCUT2D eigenvalue weighted by atomic mass is 16.5. The van der Waals surface area contributed by atoms with Gasteiger partial charge >= 0.3 is 0 Å². The first kappa shape index (κ1) is 12.3. The Labute approximate surface area is 112 Å². The van der Waals surface area contributed by atoms with E-state index in [-0.39, 0.29) is 6.04 Å². The fourth-order valence-electron chi connectivity index (χ4n) is 2.69. The maximum absolute atomic E-state index is 6.22. The molecule has 5 nitrogen and oxygen atoms in total. The maximum Gasteiger partial charge on any atom is 0.228 e. The van der Waals surface area contributed by atoms with Crippen molar-refractivity contribution in [3.8, 4) is 11.5 Å². The highest BCUT2D eigenvalue weighted by Crippen LogP contribution is 2.28. The molecule has 0 aliphatic heterocycles. The normalized spacial score (nSPS) is 17.7. The standard InChI is InChI=1S/C14H18N4O/c15-11(10-5-1-2-6-10)9-13-17-14(18-19-13)12-7-3-4-8-16-12/h3-4,7-8,10-11H,1-2,5-6,9,15H2. The minimum atomic E-state index is 0.125. The summed E-state index contributed by atoms with van der Waals surface area (Å²) in [4.78, 5) is 8.57. The van der Waals surface area contributed by atoms with Crippen LogP contribution in [0.5, 0.6) is 0 Å². The van der Waals surface area contributed by atoms with E-state index in [1.165, 1.54) is 25.7 Å². The Balaban J connectivity index is 1.68. The second-order valence-electron chi connectivity index (χ2n) is 5.14. The predicted octanol–water partition coefficient (Wildman–Crippen LogP) is 2.19. The Morgan fingerprint density at radius 1 is 1.32 bits per heavy atom. The lowest BCUT2D eigenvalue weighted by Gasteiger charge is -2.16. The number of nitrogens with two attached hydrogens (primary N) is 1. The van der Waals surface area contributed by atoms with Crippen LogP contribution >= 0.6 is 0 Å². The van der Waals surface area contributed by atoms with Gasteiger partial charge in [-0.25, -0.2) is 0 Å². The van der Waals surface area contributed by atoms with Gasteiger partial charge < -0.3 is 10.3 Å². The lowest BCUT2D eigenvalue weighted by Crippen LogP contribution is -2.30. The molecule has 0 bridgehead atoms. The summed E-state index contributed by atoms with van der Waals surface area (Å²) < 4.78 is 5.27. The Morgan fingerprint density at radius 2 is 2.16 bits per heavy atom. The molecule has 0 spiro atoms. The van der Waals surface area contributed by atoms with Crippen LogP contribution in [0.4, 0.5) is 0 Å². The van der Waals surface area contributed by atoms with Crippen molar-refractivity contribution in [3.63, 3.8) is 0 Å². The minimum Gasteiger partial charge on any atom is -0.339 e. The molecule has 3 rings (SSSR count). The third kappa shape index (κ3) is 2.81. The molecule has 1 aliphatic carbocycles. The molecule has 100 valence electrons. The second-order valence-corrected chi connectivity index (χ2v) is 5.14. The zero-order valence-electron chi connectivity index (χ0n) is 10.8. The zero-order valence-corrected chi connectivity index (χ0v) is 10.8. The van der Waals surface area contributed by atoms with Crippen LogP contribution in [0.3, 0.4) is 0 Å². The molecule has 19 heavy (non-hydrogen) atoms. The molecule has 5 heteroatoms. The van der Waals surface area contributed by atoms with Gasteiger partial charge in [-0.3, -0.25) is 4.98 Å². The number of nitrogens with zero attached hydrogens (tertiary/aromatic N) is 3. The van der Waals surface area contributed by atoms with Gasteiger partial charge in [0.25, 0.3) is 0 Å². The molecule has 0 amide bonds. The molecule has 1 fully saturated rings. The smallest absolute Gasteiger partial charge is 0.228 e. The topological polar surface area (TPSA) is 77.8 Å². The monoisotopic (exact) mass is 258 g/mol. The van der Waals surface area contributed by atoms with Crippen molar-refractivity contribution in [1.82, 2.24) is 15.1 Å². The van der Waals surface area contributed by atoms with Crippen molar-refractivity contribution in [2.45, 2.75) is 38.1 Å². The Morgan fingerprint density at radius 3 is 2.89 bits per heavy atom. The first-order chi connectivity index (χ1) is 9.33. The van der Waals surface area contributed by atoms with E-state index in [2.05, 4.69) is 15.1 Å². The lowest BCUT2D eigenvalue weighted by molar-refractivity contribution is 0.341.